The van der Waals surface area contributed by atoms with Crippen molar-refractivity contribution in [2.24, 2.45) is 0 Å². The van der Waals surface area contributed by atoms with Crippen LogP contribution in [-0.2, 0) is 9.84 Å². The van der Waals surface area contributed by atoms with Crippen LogP contribution in [0.25, 0.3) is 0 Å². The first-order valence-corrected chi connectivity index (χ1v) is 6.81. The summed E-state index contributed by atoms with van der Waals surface area (Å²) < 4.78 is 34.1. The van der Waals surface area contributed by atoms with Crippen molar-refractivity contribution in [3.8, 4) is 11.6 Å². The largest absolute Gasteiger partial charge is 0.484 e. The van der Waals surface area contributed by atoms with Crippen LogP contribution in [-0.4, -0.2) is 31.4 Å². The molecule has 0 unspecified atom stereocenters. The van der Waals surface area contributed by atoms with Crippen molar-refractivity contribution in [1.82, 2.24) is 4.98 Å². The van der Waals surface area contributed by atoms with Crippen molar-refractivity contribution in [2.45, 2.75) is 30.4 Å². The average Bonchev–Trinajstić information content (AvgIpc) is 2.27. The van der Waals surface area contributed by atoms with Gasteiger partial charge in [0.1, 0.15) is 13.2 Å². The van der Waals surface area contributed by atoms with Gasteiger partial charge in [0.25, 0.3) is 5.88 Å². The fourth-order valence-corrected chi connectivity index (χ4v) is 2.58. The molecule has 0 aromatic carbocycles. The van der Waals surface area contributed by atoms with Gasteiger partial charge in [0.05, 0.1) is 9.64 Å². The van der Waals surface area contributed by atoms with Gasteiger partial charge >= 0.3 is 0 Å². The maximum absolute atomic E-state index is 12.2. The molecule has 0 N–H and O–H groups in total. The number of aromatic nitrogens is 1. The summed E-state index contributed by atoms with van der Waals surface area (Å²) >= 11 is 0. The number of rotatable bonds is 1. The minimum Gasteiger partial charge on any atom is -0.484 e. The van der Waals surface area contributed by atoms with E-state index in [1.807, 2.05) is 0 Å². The Morgan fingerprint density at radius 3 is 2.53 bits per heavy atom. The molecule has 0 spiro atoms. The Balaban J connectivity index is 2.48. The first-order valence-electron chi connectivity index (χ1n) is 5.33. The molecule has 5 nitrogen and oxygen atoms in total. The second-order valence-corrected chi connectivity index (χ2v) is 7.49. The molecule has 0 fully saturated rings. The topological polar surface area (TPSA) is 65.5 Å². The summed E-state index contributed by atoms with van der Waals surface area (Å²) in [5.74, 6) is 0.741. The van der Waals surface area contributed by atoms with Gasteiger partial charge in [0.15, 0.2) is 15.6 Å². The van der Waals surface area contributed by atoms with Crippen molar-refractivity contribution in [3.63, 3.8) is 0 Å². The predicted octanol–water partition coefficient (Wildman–Crippen LogP) is 1.43. The van der Waals surface area contributed by atoms with E-state index >= 15 is 0 Å². The molecule has 1 aromatic rings. The molecular formula is C11H15NO4S. The number of hydrogen-bond acceptors (Lipinski definition) is 5. The average molecular weight is 257 g/mol. The van der Waals surface area contributed by atoms with Gasteiger partial charge in [-0.2, -0.15) is 0 Å². The summed E-state index contributed by atoms with van der Waals surface area (Å²) in [4.78, 5) is 4.13. The third-order valence-corrected chi connectivity index (χ3v) is 4.95. The van der Waals surface area contributed by atoms with Gasteiger partial charge in [-0.15, -0.1) is 0 Å². The molecule has 0 saturated heterocycles. The van der Waals surface area contributed by atoms with Gasteiger partial charge < -0.3 is 9.47 Å². The molecule has 0 atom stereocenters. The molecule has 94 valence electrons. The standard InChI is InChI=1S/C11H15NO4S/c1-11(2,3)17(13,14)8-6-9-10(12-7-8)16-5-4-15-9/h6-7H,4-5H2,1-3H3. The summed E-state index contributed by atoms with van der Waals surface area (Å²) in [6, 6.07) is 1.47. The van der Waals surface area contributed by atoms with Crippen LogP contribution in [0.5, 0.6) is 11.6 Å². The van der Waals surface area contributed by atoms with Crippen LogP contribution in [0.4, 0.5) is 0 Å². The smallest absolute Gasteiger partial charge is 0.257 e. The summed E-state index contributed by atoms with van der Waals surface area (Å²) in [5.41, 5.74) is 0. The van der Waals surface area contributed by atoms with E-state index in [4.69, 9.17) is 9.47 Å². The van der Waals surface area contributed by atoms with Crippen LogP contribution < -0.4 is 9.47 Å². The van der Waals surface area contributed by atoms with Crippen molar-refractivity contribution in [3.05, 3.63) is 12.3 Å². The van der Waals surface area contributed by atoms with Crippen LogP contribution >= 0.6 is 0 Å². The third-order valence-electron chi connectivity index (χ3n) is 2.49. The third kappa shape index (κ3) is 2.09. The second kappa shape index (κ2) is 3.87. The van der Waals surface area contributed by atoms with Gasteiger partial charge in [-0.05, 0) is 20.8 Å². The summed E-state index contributed by atoms with van der Waals surface area (Å²) in [6.07, 6.45) is 1.31. The summed E-state index contributed by atoms with van der Waals surface area (Å²) in [5, 5.41) is 0. The van der Waals surface area contributed by atoms with Gasteiger partial charge in [-0.3, -0.25) is 0 Å². The highest BCUT2D eigenvalue weighted by atomic mass is 32.2. The number of fused-ring (bicyclic) bond motifs is 1. The fraction of sp³-hybridized carbons (Fsp3) is 0.545. The summed E-state index contributed by atoms with van der Waals surface area (Å²) in [6.45, 7) is 5.80. The Morgan fingerprint density at radius 1 is 1.24 bits per heavy atom. The van der Waals surface area contributed by atoms with Crippen molar-refractivity contribution in [2.75, 3.05) is 13.2 Å². The lowest BCUT2D eigenvalue weighted by Crippen LogP contribution is -2.28. The fourth-order valence-electron chi connectivity index (χ4n) is 1.42. The molecule has 0 saturated carbocycles. The molecule has 2 heterocycles. The predicted molar refractivity (Wildman–Crippen MR) is 62.2 cm³/mol. The molecule has 2 rings (SSSR count). The van der Waals surface area contributed by atoms with E-state index in [9.17, 15) is 8.42 Å². The molecule has 0 bridgehead atoms. The molecule has 6 heteroatoms. The van der Waals surface area contributed by atoms with Crippen LogP contribution in [0.3, 0.4) is 0 Å². The van der Waals surface area contributed by atoms with Crippen molar-refractivity contribution in [1.29, 1.82) is 0 Å². The van der Waals surface area contributed by atoms with E-state index in [0.29, 0.717) is 24.8 Å². The van der Waals surface area contributed by atoms with Crippen LogP contribution in [0.2, 0.25) is 0 Å². The monoisotopic (exact) mass is 257 g/mol. The Kier molecular flexibility index (Phi) is 2.77. The number of ether oxygens (including phenoxy) is 2. The first-order chi connectivity index (χ1) is 7.82. The normalized spacial score (nSPS) is 15.7. The Labute approximate surface area is 101 Å². The van der Waals surface area contributed by atoms with E-state index < -0.39 is 14.6 Å². The number of sulfone groups is 1. The highest BCUT2D eigenvalue weighted by Crippen LogP contribution is 2.32. The van der Waals surface area contributed by atoms with E-state index in [1.54, 1.807) is 20.8 Å². The van der Waals surface area contributed by atoms with E-state index in [0.717, 1.165) is 0 Å². The number of pyridine rings is 1. The van der Waals surface area contributed by atoms with Crippen molar-refractivity contribution < 1.29 is 17.9 Å². The van der Waals surface area contributed by atoms with Gasteiger partial charge in [0.2, 0.25) is 0 Å². The SMILES string of the molecule is CC(C)(C)S(=O)(=O)c1cnc2c(c1)OCCO2. The van der Waals surface area contributed by atoms with E-state index in [2.05, 4.69) is 4.98 Å². The van der Waals surface area contributed by atoms with Crippen LogP contribution in [0, 0.1) is 0 Å². The summed E-state index contributed by atoms with van der Waals surface area (Å²) in [7, 11) is -3.41. The molecule has 1 aliphatic heterocycles. The van der Waals surface area contributed by atoms with Crippen molar-refractivity contribution >= 4 is 9.84 Å². The zero-order valence-electron chi connectivity index (χ0n) is 10.1. The Bertz CT molecular complexity index is 531. The lowest BCUT2D eigenvalue weighted by atomic mass is 10.3. The maximum atomic E-state index is 12.2. The molecule has 17 heavy (non-hydrogen) atoms. The van der Waals surface area contributed by atoms with Gasteiger partial charge in [-0.1, -0.05) is 0 Å². The molecule has 0 aliphatic carbocycles. The quantitative estimate of drug-likeness (QED) is 0.761. The molecule has 0 radical (unpaired) electrons. The number of hydrogen-bond donors (Lipinski definition) is 0. The maximum Gasteiger partial charge on any atom is 0.257 e. The lowest BCUT2D eigenvalue weighted by Gasteiger charge is -2.21. The zero-order chi connectivity index (χ0) is 12.7. The Morgan fingerprint density at radius 2 is 1.88 bits per heavy atom. The van der Waals surface area contributed by atoms with Gasteiger partial charge in [0, 0.05) is 12.3 Å². The molecule has 1 aromatic heterocycles. The first kappa shape index (κ1) is 12.2. The lowest BCUT2D eigenvalue weighted by molar-refractivity contribution is 0.163. The van der Waals surface area contributed by atoms with E-state index in [1.165, 1.54) is 12.3 Å². The van der Waals surface area contributed by atoms with E-state index in [-0.39, 0.29) is 4.90 Å². The highest BCUT2D eigenvalue weighted by molar-refractivity contribution is 7.92. The molecule has 1 aliphatic rings. The Hall–Kier alpha value is -1.30. The second-order valence-electron chi connectivity index (χ2n) is 4.79. The van der Waals surface area contributed by atoms with Crippen LogP contribution in [0.1, 0.15) is 20.8 Å². The molecular weight excluding hydrogens is 242 g/mol. The highest BCUT2D eigenvalue weighted by Gasteiger charge is 2.32. The van der Waals surface area contributed by atoms with Crippen LogP contribution in [0.15, 0.2) is 17.2 Å². The number of nitrogens with zero attached hydrogens (tertiary/aromatic N) is 1. The minimum absolute atomic E-state index is 0.161. The minimum atomic E-state index is -3.41. The van der Waals surface area contributed by atoms with Gasteiger partial charge in [-0.25, -0.2) is 13.4 Å². The molecule has 0 amide bonds. The zero-order valence-corrected chi connectivity index (χ0v) is 10.9.